The number of halogens is 2. The molecule has 1 unspecified atom stereocenters. The van der Waals surface area contributed by atoms with E-state index >= 15 is 0 Å². The largest absolute Gasteiger partial charge is 0.497 e. The van der Waals surface area contributed by atoms with Crippen molar-refractivity contribution in [3.63, 3.8) is 0 Å². The Morgan fingerprint density at radius 3 is 2.74 bits per heavy atom. The molecule has 0 bridgehead atoms. The van der Waals surface area contributed by atoms with E-state index in [1.165, 1.54) is 0 Å². The van der Waals surface area contributed by atoms with Crippen LogP contribution < -0.4 is 20.7 Å². The maximum absolute atomic E-state index is 12.7. The van der Waals surface area contributed by atoms with Crippen LogP contribution in [0.5, 0.6) is 5.75 Å². The molecule has 3 amide bonds. The van der Waals surface area contributed by atoms with Gasteiger partial charge in [-0.3, -0.25) is 10.1 Å². The molecule has 2 aliphatic rings. The highest BCUT2D eigenvalue weighted by atomic mass is 35.5. The van der Waals surface area contributed by atoms with Crippen LogP contribution in [0.25, 0.3) is 0 Å². The van der Waals surface area contributed by atoms with Crippen LogP contribution in [0.15, 0.2) is 42.5 Å². The first kappa shape index (κ1) is 25.0. The molecule has 0 aliphatic carbocycles. The van der Waals surface area contributed by atoms with Gasteiger partial charge in [-0.15, -0.1) is 11.8 Å². The average molecular weight is 523 g/mol. The van der Waals surface area contributed by atoms with Crippen molar-refractivity contribution in [2.45, 2.75) is 30.2 Å². The summed E-state index contributed by atoms with van der Waals surface area (Å²) < 4.78 is 5.21. The molecule has 0 aromatic heterocycles. The Morgan fingerprint density at radius 1 is 1.21 bits per heavy atom. The zero-order valence-corrected chi connectivity index (χ0v) is 21.2. The fourth-order valence-corrected chi connectivity index (χ4v) is 6.14. The highest BCUT2D eigenvalue weighted by Crippen LogP contribution is 2.39. The van der Waals surface area contributed by atoms with Crippen LogP contribution in [0, 0.1) is 0 Å². The summed E-state index contributed by atoms with van der Waals surface area (Å²) in [5.74, 6) is 1.40. The number of amides is 3. The summed E-state index contributed by atoms with van der Waals surface area (Å²) >= 11 is 13.9. The minimum atomic E-state index is -0.247. The molecule has 4 rings (SSSR count). The fourth-order valence-electron chi connectivity index (χ4n) is 4.22. The number of methoxy groups -OCH3 is 1. The highest BCUT2D eigenvalue weighted by Gasteiger charge is 2.44. The number of nitrogens with zero attached hydrogens (tertiary/aromatic N) is 1. The van der Waals surface area contributed by atoms with Crippen molar-refractivity contribution in [3.8, 4) is 5.75 Å². The average Bonchev–Trinajstić information content (AvgIpc) is 3.24. The van der Waals surface area contributed by atoms with E-state index in [1.54, 1.807) is 37.1 Å². The van der Waals surface area contributed by atoms with E-state index < -0.39 is 0 Å². The number of benzene rings is 2. The van der Waals surface area contributed by atoms with Gasteiger partial charge in [0.15, 0.2) is 0 Å². The summed E-state index contributed by atoms with van der Waals surface area (Å²) in [6.07, 6.45) is 2.21. The van der Waals surface area contributed by atoms with Crippen molar-refractivity contribution in [2.24, 2.45) is 0 Å². The van der Waals surface area contributed by atoms with Crippen LogP contribution in [-0.2, 0) is 11.2 Å². The number of piperidine rings is 1. The summed E-state index contributed by atoms with van der Waals surface area (Å²) in [7, 11) is 1.60. The molecule has 0 saturated carbocycles. The lowest BCUT2D eigenvalue weighted by atomic mass is 10.0. The van der Waals surface area contributed by atoms with Gasteiger partial charge in [0.05, 0.1) is 18.0 Å². The molecule has 10 heteroatoms. The number of carbonyl (C=O) groups is 2. The third-order valence-corrected chi connectivity index (χ3v) is 8.33. The van der Waals surface area contributed by atoms with Crippen LogP contribution in [0.2, 0.25) is 10.0 Å². The molecule has 7 nitrogen and oxygen atoms in total. The van der Waals surface area contributed by atoms with Gasteiger partial charge in [-0.05, 0) is 49.1 Å². The second-order valence-corrected chi connectivity index (χ2v) is 10.7. The van der Waals surface area contributed by atoms with E-state index in [4.69, 9.17) is 27.9 Å². The molecule has 0 radical (unpaired) electrons. The lowest BCUT2D eigenvalue weighted by molar-refractivity contribution is -0.122. The topological polar surface area (TPSA) is 82.7 Å². The molecule has 2 saturated heterocycles. The van der Waals surface area contributed by atoms with Crippen LogP contribution in [0.1, 0.15) is 18.4 Å². The van der Waals surface area contributed by atoms with Gasteiger partial charge in [0, 0.05) is 47.2 Å². The quantitative estimate of drug-likeness (QED) is 0.523. The molecule has 182 valence electrons. The number of ether oxygens (including phenoxy) is 1. The first-order valence-corrected chi connectivity index (χ1v) is 12.9. The lowest BCUT2D eigenvalue weighted by Crippen LogP contribution is -2.55. The van der Waals surface area contributed by atoms with Crippen molar-refractivity contribution >= 4 is 52.6 Å². The van der Waals surface area contributed by atoms with E-state index in [9.17, 15) is 9.59 Å². The smallest absolute Gasteiger partial charge is 0.321 e. The summed E-state index contributed by atoms with van der Waals surface area (Å²) in [5.41, 5.74) is 1.66. The molecule has 3 N–H and O–H groups in total. The summed E-state index contributed by atoms with van der Waals surface area (Å²) in [6.45, 7) is 1.76. The van der Waals surface area contributed by atoms with Gasteiger partial charge >= 0.3 is 6.03 Å². The van der Waals surface area contributed by atoms with E-state index in [2.05, 4.69) is 16.0 Å². The minimum absolute atomic E-state index is 0.00680. The molecular weight excluding hydrogens is 495 g/mol. The molecule has 2 aromatic rings. The maximum atomic E-state index is 12.7. The molecule has 2 aromatic carbocycles. The summed E-state index contributed by atoms with van der Waals surface area (Å²) in [5, 5.41) is 10.7. The zero-order chi connectivity index (χ0) is 24.1. The van der Waals surface area contributed by atoms with E-state index in [1.807, 2.05) is 29.2 Å². The van der Waals surface area contributed by atoms with Crippen molar-refractivity contribution in [2.75, 3.05) is 37.8 Å². The normalized spacial score (nSPS) is 19.1. The lowest BCUT2D eigenvalue weighted by Gasteiger charge is -2.39. The molecule has 2 heterocycles. The number of carbonyl (C=O) groups excluding carboxylic acids is 2. The number of anilines is 1. The van der Waals surface area contributed by atoms with Gasteiger partial charge in [0.1, 0.15) is 5.75 Å². The van der Waals surface area contributed by atoms with Crippen molar-refractivity contribution in [1.82, 2.24) is 15.5 Å². The predicted molar refractivity (Wildman–Crippen MR) is 138 cm³/mol. The Morgan fingerprint density at radius 2 is 2.00 bits per heavy atom. The Hall–Kier alpha value is -2.13. The Balaban J connectivity index is 1.22. The SMILES string of the molecule is COc1cccc(NC(=O)N2CCC3(CC2)NC(C(=O)NCCc2ccc(Cl)cc2Cl)CS3)c1. The highest BCUT2D eigenvalue weighted by molar-refractivity contribution is 8.01. The fraction of sp³-hybridized carbons (Fsp3) is 0.417. The number of thioether (sulfide) groups is 1. The molecule has 2 fully saturated rings. The Bertz CT molecular complexity index is 1050. The third-order valence-electron chi connectivity index (χ3n) is 6.17. The van der Waals surface area contributed by atoms with Gasteiger partial charge in [0.2, 0.25) is 5.91 Å². The van der Waals surface area contributed by atoms with Gasteiger partial charge < -0.3 is 20.3 Å². The van der Waals surface area contributed by atoms with Crippen LogP contribution in [0.4, 0.5) is 10.5 Å². The number of urea groups is 1. The Kier molecular flexibility index (Phi) is 8.14. The van der Waals surface area contributed by atoms with Crippen molar-refractivity contribution in [1.29, 1.82) is 0 Å². The monoisotopic (exact) mass is 522 g/mol. The van der Waals surface area contributed by atoms with Gasteiger partial charge in [0.25, 0.3) is 0 Å². The van der Waals surface area contributed by atoms with E-state index in [-0.39, 0.29) is 22.9 Å². The van der Waals surface area contributed by atoms with Crippen LogP contribution in [0.3, 0.4) is 0 Å². The molecule has 34 heavy (non-hydrogen) atoms. The van der Waals surface area contributed by atoms with Crippen molar-refractivity contribution in [3.05, 3.63) is 58.1 Å². The standard InChI is InChI=1S/C24H28Cl2N4O3S/c1-33-19-4-2-3-18(14-19)28-23(32)30-11-8-24(9-12-30)29-21(15-34-24)22(31)27-10-7-16-5-6-17(25)13-20(16)26/h2-6,13-14,21,29H,7-12,15H2,1H3,(H,27,31)(H,28,32). The van der Waals surface area contributed by atoms with Gasteiger partial charge in [-0.25, -0.2) is 4.79 Å². The number of nitrogens with one attached hydrogen (secondary N) is 3. The van der Waals surface area contributed by atoms with E-state index in [0.29, 0.717) is 53.3 Å². The third kappa shape index (κ3) is 6.10. The zero-order valence-electron chi connectivity index (χ0n) is 18.9. The molecule has 2 aliphatic heterocycles. The summed E-state index contributed by atoms with van der Waals surface area (Å²) in [6, 6.07) is 12.3. The number of hydrogen-bond acceptors (Lipinski definition) is 5. The first-order valence-electron chi connectivity index (χ1n) is 11.2. The number of hydrogen-bond donors (Lipinski definition) is 3. The second kappa shape index (κ2) is 11.1. The van der Waals surface area contributed by atoms with E-state index in [0.717, 1.165) is 18.4 Å². The molecule has 1 atom stereocenters. The van der Waals surface area contributed by atoms with Gasteiger partial charge in [-0.1, -0.05) is 35.3 Å². The number of rotatable bonds is 6. The van der Waals surface area contributed by atoms with Crippen LogP contribution in [-0.4, -0.2) is 60.2 Å². The molecule has 1 spiro atoms. The van der Waals surface area contributed by atoms with Gasteiger partial charge in [-0.2, -0.15) is 0 Å². The first-order chi connectivity index (χ1) is 16.4. The second-order valence-electron chi connectivity index (χ2n) is 8.43. The Labute approximate surface area is 213 Å². The van der Waals surface area contributed by atoms with Crippen LogP contribution >= 0.6 is 35.0 Å². The minimum Gasteiger partial charge on any atom is -0.497 e. The van der Waals surface area contributed by atoms with Crippen molar-refractivity contribution < 1.29 is 14.3 Å². The summed E-state index contributed by atoms with van der Waals surface area (Å²) in [4.78, 5) is 27.0. The maximum Gasteiger partial charge on any atom is 0.321 e. The number of likely N-dealkylation sites (tertiary alicyclic amines) is 1. The molecular formula is C24H28Cl2N4O3S. The predicted octanol–water partition coefficient (Wildman–Crippen LogP) is 4.39.